The molecule has 3 nitrogen and oxygen atoms in total. The molecular weight excluding hydrogens is 268 g/mol. The average Bonchev–Trinajstić information content (AvgIpc) is 2.47. The maximum Gasteiger partial charge on any atom is 0.409 e. The van der Waals surface area contributed by atoms with Crippen molar-refractivity contribution in [3.63, 3.8) is 0 Å². The first kappa shape index (κ1) is 16.4. The third-order valence-electron chi connectivity index (χ3n) is 5.98. The van der Waals surface area contributed by atoms with Gasteiger partial charge in [-0.25, -0.2) is 0 Å². The van der Waals surface area contributed by atoms with Crippen molar-refractivity contribution in [3.8, 4) is 0 Å². The normalized spacial score (nSPS) is 44.2. The summed E-state index contributed by atoms with van der Waals surface area (Å²) in [6, 6.07) is 1.19. The smallest absolute Gasteiger partial charge is 0.190 e. The van der Waals surface area contributed by atoms with E-state index in [1.54, 1.807) is 0 Å². The quantitative estimate of drug-likeness (QED) is 0.728. The second kappa shape index (κ2) is 6.45. The van der Waals surface area contributed by atoms with Crippen LogP contribution in [0.1, 0.15) is 65.2 Å². The van der Waals surface area contributed by atoms with Gasteiger partial charge in [-0.1, -0.05) is 13.8 Å². The van der Waals surface area contributed by atoms with Crippen molar-refractivity contribution < 1.29 is 12.0 Å². The number of piperidine rings is 2. The summed E-state index contributed by atoms with van der Waals surface area (Å²) in [4.78, 5) is 0. The standard InChI is InChI=1S/C16H34N2OS/c1-5-15-11-7-9-13-17(15,3)20(19)18(4)14-10-8-12-16(18)6-2/h15-16H,5-14H2,1-4H3/q+2. The molecule has 2 heterocycles. The zero-order valence-corrected chi connectivity index (χ0v) is 14.8. The third kappa shape index (κ3) is 2.71. The summed E-state index contributed by atoms with van der Waals surface area (Å²) >= 11 is -0.809. The van der Waals surface area contributed by atoms with Gasteiger partial charge in [0.2, 0.25) is 0 Å². The van der Waals surface area contributed by atoms with E-state index in [1.165, 1.54) is 51.4 Å². The van der Waals surface area contributed by atoms with Crippen LogP contribution in [0, 0.1) is 0 Å². The molecule has 0 radical (unpaired) electrons. The molecule has 2 fully saturated rings. The molecule has 0 aromatic heterocycles. The Hall–Kier alpha value is 0.0700. The van der Waals surface area contributed by atoms with Gasteiger partial charge in [0.1, 0.15) is 12.1 Å². The van der Waals surface area contributed by atoms with E-state index in [0.717, 1.165) is 20.9 Å². The van der Waals surface area contributed by atoms with Gasteiger partial charge in [0, 0.05) is 12.8 Å². The topological polar surface area (TPSA) is 17.1 Å². The molecule has 2 aliphatic rings. The molecule has 2 aliphatic heterocycles. The predicted octanol–water partition coefficient (Wildman–Crippen LogP) is 3.38. The zero-order chi connectivity index (χ0) is 14.8. The van der Waals surface area contributed by atoms with E-state index in [1.807, 2.05) is 0 Å². The van der Waals surface area contributed by atoms with Crippen LogP contribution in [0.3, 0.4) is 0 Å². The monoisotopic (exact) mass is 302 g/mol. The molecule has 0 saturated carbocycles. The Balaban J connectivity index is 2.27. The number of rotatable bonds is 4. The largest absolute Gasteiger partial charge is 0.409 e. The Morgan fingerprint density at radius 3 is 1.60 bits per heavy atom. The molecule has 4 atom stereocenters. The number of quaternary nitrogens is 2. The van der Waals surface area contributed by atoms with Crippen LogP contribution < -0.4 is 0 Å². The maximum atomic E-state index is 13.6. The Bertz CT molecular complexity index is 330. The van der Waals surface area contributed by atoms with E-state index < -0.39 is 11.2 Å². The number of hydrogen-bond donors (Lipinski definition) is 0. The minimum atomic E-state index is -0.809. The summed E-state index contributed by atoms with van der Waals surface area (Å²) in [6.45, 7) is 6.76. The second-order valence-corrected chi connectivity index (χ2v) is 9.27. The molecule has 0 spiro atoms. The van der Waals surface area contributed by atoms with Crippen molar-refractivity contribution in [2.75, 3.05) is 27.2 Å². The molecule has 4 heteroatoms. The minimum absolute atomic E-state index is 0.596. The molecule has 0 N–H and O–H groups in total. The predicted molar refractivity (Wildman–Crippen MR) is 86.1 cm³/mol. The lowest BCUT2D eigenvalue weighted by molar-refractivity contribution is -0.903. The molecule has 2 saturated heterocycles. The van der Waals surface area contributed by atoms with Crippen LogP contribution in [-0.4, -0.2) is 51.3 Å². The molecule has 0 bridgehead atoms. The first-order chi connectivity index (χ1) is 9.49. The van der Waals surface area contributed by atoms with Crippen LogP contribution >= 0.6 is 0 Å². The van der Waals surface area contributed by atoms with E-state index in [9.17, 15) is 4.21 Å². The Labute approximate surface area is 128 Å². The van der Waals surface area contributed by atoms with Crippen LogP contribution in [0.15, 0.2) is 0 Å². The van der Waals surface area contributed by atoms with Crippen LogP contribution in [0.25, 0.3) is 0 Å². The van der Waals surface area contributed by atoms with Gasteiger partial charge < -0.3 is 0 Å². The molecule has 20 heavy (non-hydrogen) atoms. The fourth-order valence-corrected chi connectivity index (χ4v) is 6.98. The average molecular weight is 303 g/mol. The summed E-state index contributed by atoms with van der Waals surface area (Å²) in [5, 5.41) is 0. The van der Waals surface area contributed by atoms with E-state index in [2.05, 4.69) is 27.9 Å². The highest BCUT2D eigenvalue weighted by Crippen LogP contribution is 2.36. The lowest BCUT2D eigenvalue weighted by Gasteiger charge is -2.49. The van der Waals surface area contributed by atoms with Crippen LogP contribution in [0.2, 0.25) is 0 Å². The van der Waals surface area contributed by atoms with Crippen molar-refractivity contribution >= 4 is 11.2 Å². The van der Waals surface area contributed by atoms with Crippen LogP contribution in [0.4, 0.5) is 0 Å². The fourth-order valence-electron chi connectivity index (χ4n) is 4.54. The molecule has 0 amide bonds. The zero-order valence-electron chi connectivity index (χ0n) is 13.9. The number of likely N-dealkylation sites (tertiary alicyclic amines) is 2. The van der Waals surface area contributed by atoms with E-state index in [4.69, 9.17) is 0 Å². The highest BCUT2D eigenvalue weighted by Gasteiger charge is 2.53. The molecule has 4 unspecified atom stereocenters. The van der Waals surface area contributed by atoms with Gasteiger partial charge in [-0.15, -0.1) is 4.21 Å². The second-order valence-electron chi connectivity index (χ2n) is 7.14. The van der Waals surface area contributed by atoms with Crippen molar-refractivity contribution in [2.24, 2.45) is 0 Å². The van der Waals surface area contributed by atoms with Crippen molar-refractivity contribution in [3.05, 3.63) is 0 Å². The van der Waals surface area contributed by atoms with Crippen LogP contribution in [-0.2, 0) is 11.2 Å². The molecular formula is C16H34N2OS+2. The lowest BCUT2D eigenvalue weighted by Crippen LogP contribution is -2.68. The van der Waals surface area contributed by atoms with Gasteiger partial charge in [0.05, 0.1) is 27.2 Å². The fraction of sp³-hybridized carbons (Fsp3) is 1.00. The highest BCUT2D eigenvalue weighted by molar-refractivity contribution is 7.73. The summed E-state index contributed by atoms with van der Waals surface area (Å²) < 4.78 is 15.2. The number of hydrogen-bond acceptors (Lipinski definition) is 1. The van der Waals surface area contributed by atoms with Gasteiger partial charge in [0.15, 0.2) is 0 Å². The van der Waals surface area contributed by atoms with Crippen LogP contribution in [0.5, 0.6) is 0 Å². The SMILES string of the molecule is CCC1CCCC[N+]1(C)S(=O)[N+]1(C)CCCCC1CC. The molecule has 118 valence electrons. The van der Waals surface area contributed by atoms with Gasteiger partial charge in [-0.05, 0) is 38.5 Å². The molecule has 0 aliphatic carbocycles. The van der Waals surface area contributed by atoms with E-state index >= 15 is 0 Å². The first-order valence-corrected chi connectivity index (χ1v) is 9.69. The molecule has 0 aromatic rings. The molecule has 2 rings (SSSR count). The molecule has 0 aromatic carbocycles. The van der Waals surface area contributed by atoms with E-state index in [-0.39, 0.29) is 0 Å². The van der Waals surface area contributed by atoms with Gasteiger partial charge >= 0.3 is 11.2 Å². The van der Waals surface area contributed by atoms with Crippen molar-refractivity contribution in [1.82, 2.24) is 0 Å². The first-order valence-electron chi connectivity index (χ1n) is 8.62. The summed E-state index contributed by atoms with van der Waals surface area (Å²) in [5.74, 6) is 0. The lowest BCUT2D eigenvalue weighted by atomic mass is 10.0. The van der Waals surface area contributed by atoms with Gasteiger partial charge in [-0.2, -0.15) is 7.78 Å². The Kier molecular flexibility index (Phi) is 5.30. The van der Waals surface area contributed by atoms with Gasteiger partial charge in [0.25, 0.3) is 0 Å². The highest BCUT2D eigenvalue weighted by atomic mass is 32.2. The van der Waals surface area contributed by atoms with Crippen molar-refractivity contribution in [2.45, 2.75) is 77.3 Å². The number of nitrogens with zero attached hydrogens (tertiary/aromatic N) is 2. The van der Waals surface area contributed by atoms with Crippen molar-refractivity contribution in [1.29, 1.82) is 0 Å². The summed E-state index contributed by atoms with van der Waals surface area (Å²) in [7, 11) is 4.54. The summed E-state index contributed by atoms with van der Waals surface area (Å²) in [5.41, 5.74) is 0. The Morgan fingerprint density at radius 2 is 1.25 bits per heavy atom. The summed E-state index contributed by atoms with van der Waals surface area (Å²) in [6.07, 6.45) is 9.99. The van der Waals surface area contributed by atoms with Gasteiger partial charge in [-0.3, -0.25) is 0 Å². The van der Waals surface area contributed by atoms with E-state index in [0.29, 0.717) is 12.1 Å². The Morgan fingerprint density at radius 1 is 0.850 bits per heavy atom. The minimum Gasteiger partial charge on any atom is -0.190 e. The third-order valence-corrected chi connectivity index (χ3v) is 8.37. The maximum absolute atomic E-state index is 13.6.